The Balaban J connectivity index is 0.000000423. The van der Waals surface area contributed by atoms with Gasteiger partial charge in [-0.05, 0) is 50.2 Å². The van der Waals surface area contributed by atoms with Crippen molar-refractivity contribution in [3.05, 3.63) is 35.4 Å². The van der Waals surface area contributed by atoms with Crippen molar-refractivity contribution in [2.24, 2.45) is 0 Å². The van der Waals surface area contributed by atoms with Crippen LogP contribution in [0.3, 0.4) is 0 Å². The third-order valence-corrected chi connectivity index (χ3v) is 2.82. The van der Waals surface area contributed by atoms with Gasteiger partial charge in [-0.15, -0.1) is 0 Å². The van der Waals surface area contributed by atoms with Crippen LogP contribution < -0.4 is 0 Å². The van der Waals surface area contributed by atoms with Gasteiger partial charge in [0.05, 0.1) is 17.7 Å². The fraction of sp³-hybridized carbons (Fsp3) is 0.438. The van der Waals surface area contributed by atoms with Crippen LogP contribution in [0.15, 0.2) is 24.3 Å². The van der Waals surface area contributed by atoms with E-state index in [1.807, 2.05) is 4.90 Å². The molecule has 3 N–H and O–H groups in total. The van der Waals surface area contributed by atoms with E-state index < -0.39 is 17.9 Å². The number of hydrogen-bond acceptors (Lipinski definition) is 4. The van der Waals surface area contributed by atoms with Crippen LogP contribution in [0.1, 0.15) is 47.4 Å². The second kappa shape index (κ2) is 11.2. The molecule has 23 heavy (non-hydrogen) atoms. The molecule has 0 amide bonds. The molecule has 128 valence electrons. The monoisotopic (exact) mass is 325 g/mol. The second-order valence-corrected chi connectivity index (χ2v) is 4.86. The molecule has 7 heteroatoms. The van der Waals surface area contributed by atoms with E-state index in [0.717, 1.165) is 25.9 Å². The minimum absolute atomic E-state index is 0.0833. The zero-order chi connectivity index (χ0) is 17.8. The Hall–Kier alpha value is -2.41. The van der Waals surface area contributed by atoms with E-state index >= 15 is 0 Å². The summed E-state index contributed by atoms with van der Waals surface area (Å²) >= 11 is 0. The summed E-state index contributed by atoms with van der Waals surface area (Å²) in [6.07, 6.45) is 2.04. The van der Waals surface area contributed by atoms with Gasteiger partial charge < -0.3 is 15.3 Å². The highest BCUT2D eigenvalue weighted by Gasteiger charge is 2.06. The van der Waals surface area contributed by atoms with Crippen molar-refractivity contribution in [3.8, 4) is 0 Å². The standard InChI is InChI=1S/C8H17NO2.C8H6O4/c1-3-5-9(6-4-2)7-8(10)11;9-7(10)5-1-2-6(4-3-5)8(11)12/h3-7H2,1-2H3,(H,10,11);1-4H,(H,9,10)(H,11,12). The van der Waals surface area contributed by atoms with Crippen LogP contribution in [0.4, 0.5) is 0 Å². The van der Waals surface area contributed by atoms with Gasteiger partial charge in [0.1, 0.15) is 0 Å². The number of aliphatic carboxylic acids is 1. The molecular weight excluding hydrogens is 302 g/mol. The summed E-state index contributed by atoms with van der Waals surface area (Å²) in [5.41, 5.74) is 0.167. The van der Waals surface area contributed by atoms with Crippen LogP contribution in [-0.4, -0.2) is 57.8 Å². The van der Waals surface area contributed by atoms with E-state index in [4.69, 9.17) is 15.3 Å². The fourth-order valence-corrected chi connectivity index (χ4v) is 1.85. The average molecular weight is 325 g/mol. The molecular formula is C16H23NO6. The first-order chi connectivity index (χ1) is 10.8. The SMILES string of the molecule is CCCN(CCC)CC(=O)O.O=C(O)c1ccc(C(=O)O)cc1. The number of carbonyl (C=O) groups is 3. The van der Waals surface area contributed by atoms with E-state index in [-0.39, 0.29) is 17.7 Å². The summed E-state index contributed by atoms with van der Waals surface area (Å²) in [6.45, 7) is 6.08. The Morgan fingerprint density at radius 1 is 0.826 bits per heavy atom. The summed E-state index contributed by atoms with van der Waals surface area (Å²) in [7, 11) is 0. The molecule has 0 atom stereocenters. The highest BCUT2D eigenvalue weighted by atomic mass is 16.4. The molecule has 7 nitrogen and oxygen atoms in total. The Morgan fingerprint density at radius 3 is 1.39 bits per heavy atom. The fourth-order valence-electron chi connectivity index (χ4n) is 1.85. The van der Waals surface area contributed by atoms with Crippen molar-refractivity contribution in [1.82, 2.24) is 4.90 Å². The first kappa shape index (κ1) is 20.6. The topological polar surface area (TPSA) is 115 Å². The lowest BCUT2D eigenvalue weighted by Gasteiger charge is -2.17. The molecule has 1 rings (SSSR count). The molecule has 0 bridgehead atoms. The average Bonchev–Trinajstić information content (AvgIpc) is 2.48. The Bertz CT molecular complexity index is 473. The largest absolute Gasteiger partial charge is 0.480 e. The third-order valence-electron chi connectivity index (χ3n) is 2.82. The summed E-state index contributed by atoms with van der Waals surface area (Å²) in [5, 5.41) is 25.4. The maximum atomic E-state index is 10.3. The molecule has 0 fully saturated rings. The van der Waals surface area contributed by atoms with Gasteiger partial charge in [0, 0.05) is 0 Å². The minimum atomic E-state index is -1.06. The van der Waals surface area contributed by atoms with E-state index in [2.05, 4.69) is 13.8 Å². The molecule has 0 saturated heterocycles. The van der Waals surface area contributed by atoms with Crippen molar-refractivity contribution in [1.29, 1.82) is 0 Å². The number of rotatable bonds is 8. The van der Waals surface area contributed by atoms with Gasteiger partial charge in [0.25, 0.3) is 0 Å². The Kier molecular flexibility index (Phi) is 10.0. The molecule has 0 aliphatic heterocycles. The molecule has 0 aromatic heterocycles. The smallest absolute Gasteiger partial charge is 0.335 e. The molecule has 0 unspecified atom stereocenters. The number of aromatic carboxylic acids is 2. The van der Waals surface area contributed by atoms with Crippen LogP contribution in [0.5, 0.6) is 0 Å². The van der Waals surface area contributed by atoms with Crippen LogP contribution >= 0.6 is 0 Å². The van der Waals surface area contributed by atoms with Crippen molar-refractivity contribution in [2.75, 3.05) is 19.6 Å². The number of benzene rings is 1. The Morgan fingerprint density at radius 2 is 1.17 bits per heavy atom. The lowest BCUT2D eigenvalue weighted by Crippen LogP contribution is -2.31. The number of hydrogen-bond donors (Lipinski definition) is 3. The summed E-state index contributed by atoms with van der Waals surface area (Å²) < 4.78 is 0. The van der Waals surface area contributed by atoms with Crippen molar-refractivity contribution in [3.63, 3.8) is 0 Å². The zero-order valence-corrected chi connectivity index (χ0v) is 13.4. The van der Waals surface area contributed by atoms with E-state index in [1.54, 1.807) is 0 Å². The van der Waals surface area contributed by atoms with E-state index in [1.165, 1.54) is 24.3 Å². The Labute approximate surface area is 135 Å². The minimum Gasteiger partial charge on any atom is -0.480 e. The lowest BCUT2D eigenvalue weighted by molar-refractivity contribution is -0.138. The molecule has 0 spiro atoms. The lowest BCUT2D eigenvalue weighted by atomic mass is 10.1. The van der Waals surface area contributed by atoms with Gasteiger partial charge in [-0.25, -0.2) is 9.59 Å². The quantitative estimate of drug-likeness (QED) is 0.671. The first-order valence-corrected chi connectivity index (χ1v) is 7.32. The van der Waals surface area contributed by atoms with Crippen LogP contribution in [0.2, 0.25) is 0 Å². The normalized spacial score (nSPS) is 9.87. The van der Waals surface area contributed by atoms with Gasteiger partial charge >= 0.3 is 17.9 Å². The van der Waals surface area contributed by atoms with Crippen molar-refractivity contribution >= 4 is 17.9 Å². The molecule has 1 aromatic carbocycles. The van der Waals surface area contributed by atoms with Gasteiger partial charge in [-0.1, -0.05) is 13.8 Å². The maximum absolute atomic E-state index is 10.3. The van der Waals surface area contributed by atoms with Crippen molar-refractivity contribution in [2.45, 2.75) is 26.7 Å². The molecule has 1 aromatic rings. The maximum Gasteiger partial charge on any atom is 0.335 e. The summed E-state index contributed by atoms with van der Waals surface area (Å²) in [5.74, 6) is -2.86. The van der Waals surface area contributed by atoms with Gasteiger partial charge in [0.15, 0.2) is 0 Å². The molecule has 0 aliphatic carbocycles. The number of nitrogens with zero attached hydrogens (tertiary/aromatic N) is 1. The predicted molar refractivity (Wildman–Crippen MR) is 85.0 cm³/mol. The first-order valence-electron chi connectivity index (χ1n) is 7.32. The summed E-state index contributed by atoms with van der Waals surface area (Å²) in [6, 6.07) is 5.02. The van der Waals surface area contributed by atoms with Gasteiger partial charge in [-0.3, -0.25) is 9.69 Å². The number of carboxylic acids is 3. The van der Waals surface area contributed by atoms with E-state index in [0.29, 0.717) is 0 Å². The third kappa shape index (κ3) is 9.26. The number of carboxylic acid groups (broad SMARTS) is 3. The summed E-state index contributed by atoms with van der Waals surface area (Å²) in [4.78, 5) is 32.9. The second-order valence-electron chi connectivity index (χ2n) is 4.86. The highest BCUT2D eigenvalue weighted by molar-refractivity contribution is 5.91. The molecule has 0 aliphatic rings. The van der Waals surface area contributed by atoms with Crippen molar-refractivity contribution < 1.29 is 29.7 Å². The van der Waals surface area contributed by atoms with Crippen LogP contribution in [0, 0.1) is 0 Å². The molecule has 0 heterocycles. The van der Waals surface area contributed by atoms with Crippen LogP contribution in [0.25, 0.3) is 0 Å². The zero-order valence-electron chi connectivity index (χ0n) is 13.4. The highest BCUT2D eigenvalue weighted by Crippen LogP contribution is 2.03. The van der Waals surface area contributed by atoms with E-state index in [9.17, 15) is 14.4 Å². The predicted octanol–water partition coefficient (Wildman–Crippen LogP) is 2.28. The molecule has 0 saturated carbocycles. The van der Waals surface area contributed by atoms with Gasteiger partial charge in [-0.2, -0.15) is 0 Å². The van der Waals surface area contributed by atoms with Crippen LogP contribution in [-0.2, 0) is 4.79 Å². The molecule has 0 radical (unpaired) electrons. The van der Waals surface area contributed by atoms with Gasteiger partial charge in [0.2, 0.25) is 0 Å².